The number of nitrogen functional groups attached to an aromatic ring is 1. The van der Waals surface area contributed by atoms with Crippen LogP contribution in [-0.2, 0) is 17.9 Å². The van der Waals surface area contributed by atoms with Crippen LogP contribution < -0.4 is 15.8 Å². The Morgan fingerprint density at radius 1 is 1.22 bits per heavy atom. The molecule has 0 radical (unpaired) electrons. The lowest BCUT2D eigenvalue weighted by atomic mass is 9.86. The number of benzene rings is 3. The number of ether oxygens (including phenoxy) is 1. The minimum atomic E-state index is -0.888. The SMILES string of the molecule is CCNc1ccc([C@@H](CC(=O)O)c2ccc(C)c(CN3Cc4ccccc4OC(C)(C)C3)c2)c(Cl)c1N. The van der Waals surface area contributed by atoms with E-state index in [1.165, 1.54) is 0 Å². The van der Waals surface area contributed by atoms with Gasteiger partial charge in [-0.1, -0.05) is 54.1 Å². The molecule has 1 atom stereocenters. The van der Waals surface area contributed by atoms with E-state index in [1.807, 2.05) is 43.3 Å². The maximum absolute atomic E-state index is 11.9. The second-order valence-electron chi connectivity index (χ2n) is 10.4. The Kier molecular flexibility index (Phi) is 8.00. The van der Waals surface area contributed by atoms with Crippen molar-refractivity contribution in [3.8, 4) is 5.75 Å². The van der Waals surface area contributed by atoms with Crippen LogP contribution in [0.25, 0.3) is 0 Å². The number of hydrogen-bond acceptors (Lipinski definition) is 5. The highest BCUT2D eigenvalue weighted by Crippen LogP contribution is 2.40. The normalized spacial score (nSPS) is 15.8. The standard InChI is InChI=1S/C30H36ClN3O3/c1-5-33-25-13-12-23(28(31)29(25)32)24(15-27(35)36)20-11-10-19(2)22(14-20)17-34-16-21-8-6-7-9-26(21)37-30(3,4)18-34/h6-14,24,33H,5,15-18,32H2,1-4H3,(H,35,36)/t24-/m0/s1. The van der Waals surface area contributed by atoms with Gasteiger partial charge in [0.1, 0.15) is 11.4 Å². The molecule has 6 nitrogen and oxygen atoms in total. The van der Waals surface area contributed by atoms with Crippen molar-refractivity contribution in [2.45, 2.75) is 58.7 Å². The van der Waals surface area contributed by atoms with Crippen molar-refractivity contribution in [3.05, 3.63) is 87.4 Å². The molecule has 37 heavy (non-hydrogen) atoms. The van der Waals surface area contributed by atoms with Crippen LogP contribution in [0.4, 0.5) is 11.4 Å². The van der Waals surface area contributed by atoms with E-state index in [0.29, 0.717) is 17.3 Å². The molecule has 1 aliphatic heterocycles. The summed E-state index contributed by atoms with van der Waals surface area (Å²) in [5.41, 5.74) is 12.3. The molecule has 0 fully saturated rings. The molecule has 0 spiro atoms. The third-order valence-corrected chi connectivity index (χ3v) is 7.28. The van der Waals surface area contributed by atoms with Gasteiger partial charge in [-0.05, 0) is 62.1 Å². The largest absolute Gasteiger partial charge is 0.486 e. The van der Waals surface area contributed by atoms with Gasteiger partial charge in [0.05, 0.1) is 22.8 Å². The molecular formula is C30H36ClN3O3. The molecule has 196 valence electrons. The molecule has 0 bridgehead atoms. The van der Waals surface area contributed by atoms with E-state index in [9.17, 15) is 9.90 Å². The molecule has 0 aliphatic carbocycles. The third kappa shape index (κ3) is 6.20. The van der Waals surface area contributed by atoms with E-state index in [-0.39, 0.29) is 12.0 Å². The number of carbonyl (C=O) groups is 1. The minimum Gasteiger partial charge on any atom is -0.486 e. The van der Waals surface area contributed by atoms with Crippen LogP contribution >= 0.6 is 11.6 Å². The van der Waals surface area contributed by atoms with Crippen molar-refractivity contribution in [1.29, 1.82) is 0 Å². The Hall–Kier alpha value is -3.22. The highest BCUT2D eigenvalue weighted by Gasteiger charge is 2.29. The molecule has 7 heteroatoms. The second-order valence-corrected chi connectivity index (χ2v) is 10.8. The van der Waals surface area contributed by atoms with Crippen molar-refractivity contribution in [3.63, 3.8) is 0 Å². The Bertz CT molecular complexity index is 1290. The van der Waals surface area contributed by atoms with Gasteiger partial charge in [-0.25, -0.2) is 0 Å². The molecule has 4 rings (SSSR count). The first-order chi connectivity index (χ1) is 17.6. The summed E-state index contributed by atoms with van der Waals surface area (Å²) in [5.74, 6) is -0.386. The quantitative estimate of drug-likeness (QED) is 0.295. The van der Waals surface area contributed by atoms with Crippen LogP contribution in [0.1, 0.15) is 60.9 Å². The Balaban J connectivity index is 1.69. The fourth-order valence-electron chi connectivity index (χ4n) is 5.14. The van der Waals surface area contributed by atoms with Crippen LogP contribution in [0, 0.1) is 6.92 Å². The van der Waals surface area contributed by atoms with Gasteiger partial charge in [0.2, 0.25) is 0 Å². The van der Waals surface area contributed by atoms with Crippen LogP contribution in [0.5, 0.6) is 5.75 Å². The number of rotatable bonds is 8. The summed E-state index contributed by atoms with van der Waals surface area (Å²) in [5, 5.41) is 13.4. The molecule has 0 saturated carbocycles. The topological polar surface area (TPSA) is 87.8 Å². The van der Waals surface area contributed by atoms with E-state index >= 15 is 0 Å². The van der Waals surface area contributed by atoms with E-state index in [2.05, 4.69) is 49.2 Å². The number of para-hydroxylation sites is 1. The maximum atomic E-state index is 11.9. The smallest absolute Gasteiger partial charge is 0.304 e. The lowest BCUT2D eigenvalue weighted by Crippen LogP contribution is -2.40. The van der Waals surface area contributed by atoms with Crippen LogP contribution in [0.2, 0.25) is 5.02 Å². The number of fused-ring (bicyclic) bond motifs is 1. The lowest BCUT2D eigenvalue weighted by molar-refractivity contribution is -0.137. The number of nitrogens with two attached hydrogens (primary N) is 1. The fourth-order valence-corrected chi connectivity index (χ4v) is 5.43. The lowest BCUT2D eigenvalue weighted by Gasteiger charge is -2.30. The molecule has 0 unspecified atom stereocenters. The summed E-state index contributed by atoms with van der Waals surface area (Å²) in [6, 6.07) is 18.1. The monoisotopic (exact) mass is 521 g/mol. The maximum Gasteiger partial charge on any atom is 0.304 e. The first-order valence-corrected chi connectivity index (χ1v) is 13.1. The summed E-state index contributed by atoms with van der Waals surface area (Å²) >= 11 is 6.71. The molecule has 3 aromatic rings. The molecule has 0 saturated heterocycles. The summed E-state index contributed by atoms with van der Waals surface area (Å²) in [4.78, 5) is 14.3. The van der Waals surface area contributed by atoms with Gasteiger partial charge in [0.15, 0.2) is 0 Å². The van der Waals surface area contributed by atoms with Crippen LogP contribution in [0.15, 0.2) is 54.6 Å². The minimum absolute atomic E-state index is 0.0832. The average Bonchev–Trinajstić information content (AvgIpc) is 2.96. The van der Waals surface area contributed by atoms with Crippen molar-refractivity contribution in [2.75, 3.05) is 24.1 Å². The highest BCUT2D eigenvalue weighted by atomic mass is 35.5. The van der Waals surface area contributed by atoms with Gasteiger partial charge in [-0.3, -0.25) is 9.69 Å². The Morgan fingerprint density at radius 3 is 2.70 bits per heavy atom. The molecule has 3 aromatic carbocycles. The molecule has 1 heterocycles. The number of carboxylic acids is 1. The Labute approximate surface area is 224 Å². The fraction of sp³-hybridized carbons (Fsp3) is 0.367. The zero-order valence-corrected chi connectivity index (χ0v) is 22.7. The number of halogens is 1. The van der Waals surface area contributed by atoms with E-state index in [0.717, 1.165) is 58.9 Å². The van der Waals surface area contributed by atoms with Crippen molar-refractivity contribution >= 4 is 28.9 Å². The molecule has 0 aromatic heterocycles. The number of aryl methyl sites for hydroxylation is 1. The average molecular weight is 522 g/mol. The van der Waals surface area contributed by atoms with E-state index in [4.69, 9.17) is 22.1 Å². The first-order valence-electron chi connectivity index (χ1n) is 12.7. The van der Waals surface area contributed by atoms with Gasteiger partial charge < -0.3 is 20.9 Å². The van der Waals surface area contributed by atoms with Crippen LogP contribution in [0.3, 0.4) is 0 Å². The van der Waals surface area contributed by atoms with E-state index in [1.54, 1.807) is 0 Å². The number of aliphatic carboxylic acids is 1. The Morgan fingerprint density at radius 2 is 1.97 bits per heavy atom. The number of hydrogen-bond donors (Lipinski definition) is 3. The van der Waals surface area contributed by atoms with Gasteiger partial charge >= 0.3 is 5.97 Å². The predicted octanol–water partition coefficient (Wildman–Crippen LogP) is 6.44. The van der Waals surface area contributed by atoms with E-state index < -0.39 is 11.9 Å². The van der Waals surface area contributed by atoms with Gasteiger partial charge in [0.25, 0.3) is 0 Å². The van der Waals surface area contributed by atoms with Crippen molar-refractivity contribution in [2.24, 2.45) is 0 Å². The van der Waals surface area contributed by atoms with Gasteiger partial charge in [0, 0.05) is 37.7 Å². The zero-order valence-electron chi connectivity index (χ0n) is 22.0. The van der Waals surface area contributed by atoms with Crippen molar-refractivity contribution in [1.82, 2.24) is 4.90 Å². The number of nitrogens with one attached hydrogen (secondary N) is 1. The number of anilines is 2. The summed E-state index contributed by atoms with van der Waals surface area (Å²) in [6.07, 6.45) is -0.0832. The molecular weight excluding hydrogens is 486 g/mol. The van der Waals surface area contributed by atoms with Crippen molar-refractivity contribution < 1.29 is 14.6 Å². The van der Waals surface area contributed by atoms with Gasteiger partial charge in [-0.2, -0.15) is 0 Å². The number of carboxylic acid groups (broad SMARTS) is 1. The molecule has 0 amide bonds. The molecule has 1 aliphatic rings. The summed E-state index contributed by atoms with van der Waals surface area (Å²) < 4.78 is 6.32. The predicted molar refractivity (Wildman–Crippen MR) is 151 cm³/mol. The van der Waals surface area contributed by atoms with Gasteiger partial charge in [-0.15, -0.1) is 0 Å². The third-order valence-electron chi connectivity index (χ3n) is 6.86. The second kappa shape index (κ2) is 11.0. The highest BCUT2D eigenvalue weighted by molar-refractivity contribution is 6.34. The summed E-state index contributed by atoms with van der Waals surface area (Å²) in [7, 11) is 0. The van der Waals surface area contributed by atoms with Crippen LogP contribution in [-0.4, -0.2) is 34.7 Å². The first kappa shape index (κ1) is 26.8. The summed E-state index contributed by atoms with van der Waals surface area (Å²) in [6.45, 7) is 11.3. The molecule has 4 N–H and O–H groups in total. The zero-order chi connectivity index (χ0) is 26.7. The number of nitrogens with zero attached hydrogens (tertiary/aromatic N) is 1.